The third kappa shape index (κ3) is 2.53. The van der Waals surface area contributed by atoms with Gasteiger partial charge >= 0.3 is 7.52 Å². The highest BCUT2D eigenvalue weighted by Crippen LogP contribution is 2.51. The summed E-state index contributed by atoms with van der Waals surface area (Å²) in [4.78, 5) is 12.4. The Bertz CT molecular complexity index is 951. The fourth-order valence-electron chi connectivity index (χ4n) is 2.52. The smallest absolute Gasteiger partial charge is 0.348 e. The van der Waals surface area contributed by atoms with Gasteiger partial charge in [-0.1, -0.05) is 12.1 Å². The minimum atomic E-state index is -3.55. The number of amidine groups is 1. The summed E-state index contributed by atoms with van der Waals surface area (Å²) in [6.07, 6.45) is 0. The maximum Gasteiger partial charge on any atom is 0.348 e. The van der Waals surface area contributed by atoms with Crippen LogP contribution in [0, 0.1) is 6.92 Å². The van der Waals surface area contributed by atoms with E-state index in [0.29, 0.717) is 11.0 Å². The predicted octanol–water partition coefficient (Wildman–Crippen LogP) is 1.52. The Morgan fingerprint density at radius 2 is 2.08 bits per heavy atom. The first-order chi connectivity index (χ1) is 11.4. The second kappa shape index (κ2) is 5.89. The van der Waals surface area contributed by atoms with E-state index in [1.807, 2.05) is 0 Å². The quantitative estimate of drug-likeness (QED) is 0.815. The lowest BCUT2D eigenvalue weighted by Crippen LogP contribution is -2.33. The number of hydrogen-bond acceptors (Lipinski definition) is 6. The molecule has 2 aromatic rings. The Morgan fingerprint density at radius 3 is 2.79 bits per heavy atom. The number of aryl methyl sites for hydroxylation is 2. The van der Waals surface area contributed by atoms with Crippen molar-refractivity contribution in [1.82, 2.24) is 9.78 Å². The van der Waals surface area contributed by atoms with Crippen molar-refractivity contribution in [2.24, 2.45) is 11.8 Å². The Labute approximate surface area is 138 Å². The fraction of sp³-hybridized carbons (Fsp3) is 0.267. The van der Waals surface area contributed by atoms with Crippen molar-refractivity contribution in [2.45, 2.75) is 13.8 Å². The molecule has 1 unspecified atom stereocenters. The van der Waals surface area contributed by atoms with Crippen molar-refractivity contribution in [3.63, 3.8) is 0 Å². The second-order valence-electron chi connectivity index (χ2n) is 5.27. The van der Waals surface area contributed by atoms with Gasteiger partial charge in [0.25, 0.3) is 5.56 Å². The number of benzene rings is 1. The Kier molecular flexibility index (Phi) is 4.03. The van der Waals surface area contributed by atoms with Crippen molar-refractivity contribution in [1.29, 1.82) is 0 Å². The molecular formula is C15H17N4O4P. The van der Waals surface area contributed by atoms with E-state index < -0.39 is 13.1 Å². The highest BCUT2D eigenvalue weighted by atomic mass is 31.2. The van der Waals surface area contributed by atoms with E-state index in [4.69, 9.17) is 4.52 Å². The van der Waals surface area contributed by atoms with Crippen LogP contribution < -0.4 is 16.2 Å². The molecule has 1 aliphatic heterocycles. The van der Waals surface area contributed by atoms with Crippen LogP contribution in [0.2, 0.25) is 0 Å². The molecule has 1 aromatic heterocycles. The van der Waals surface area contributed by atoms with Crippen molar-refractivity contribution < 1.29 is 14.2 Å². The van der Waals surface area contributed by atoms with Gasteiger partial charge in [0.05, 0.1) is 17.6 Å². The standard InChI is InChI=1S/C15H17N4O4P/c1-4-23-24(22)11-8-6-5-7-10(11)16-14(18-24)12-13(20)9(2)17-19(3)15(12)21/h5-8,20H,4H2,1-3H3,(H,16,18,22). The first-order valence-corrected chi connectivity index (χ1v) is 8.94. The molecule has 0 bridgehead atoms. The molecular weight excluding hydrogens is 331 g/mol. The lowest BCUT2D eigenvalue weighted by atomic mass is 10.2. The van der Waals surface area contributed by atoms with E-state index in [-0.39, 0.29) is 29.4 Å². The van der Waals surface area contributed by atoms with Crippen LogP contribution >= 0.6 is 7.52 Å². The van der Waals surface area contributed by atoms with Crippen LogP contribution in [-0.2, 0) is 16.1 Å². The van der Waals surface area contributed by atoms with Gasteiger partial charge in [0.15, 0.2) is 11.6 Å². The predicted molar refractivity (Wildman–Crippen MR) is 91.3 cm³/mol. The Morgan fingerprint density at radius 1 is 1.38 bits per heavy atom. The number of hydrogen-bond donors (Lipinski definition) is 2. The summed E-state index contributed by atoms with van der Waals surface area (Å²) < 4.78 is 23.8. The summed E-state index contributed by atoms with van der Waals surface area (Å²) in [5.41, 5.74) is 0.156. The van der Waals surface area contributed by atoms with Gasteiger partial charge in [-0.05, 0) is 26.0 Å². The highest BCUT2D eigenvalue weighted by Gasteiger charge is 2.35. The van der Waals surface area contributed by atoms with Gasteiger partial charge < -0.3 is 14.9 Å². The third-order valence-electron chi connectivity index (χ3n) is 3.62. The Balaban J connectivity index is 2.27. The average Bonchev–Trinajstić information content (AvgIpc) is 2.53. The van der Waals surface area contributed by atoms with Gasteiger partial charge in [-0.3, -0.25) is 9.36 Å². The van der Waals surface area contributed by atoms with Crippen LogP contribution in [0.25, 0.3) is 0 Å². The van der Waals surface area contributed by atoms with Crippen molar-refractivity contribution >= 4 is 24.3 Å². The van der Waals surface area contributed by atoms with Crippen LogP contribution in [0.1, 0.15) is 18.2 Å². The van der Waals surface area contributed by atoms with E-state index in [0.717, 1.165) is 4.68 Å². The Hall–Kier alpha value is -2.44. The normalized spacial score (nSPS) is 19.4. The fourth-order valence-corrected chi connectivity index (χ4v) is 4.30. The summed E-state index contributed by atoms with van der Waals surface area (Å²) in [5, 5.41) is 17.6. The van der Waals surface area contributed by atoms with E-state index in [9.17, 15) is 14.5 Å². The summed E-state index contributed by atoms with van der Waals surface area (Å²) in [6, 6.07) is 6.88. The molecule has 126 valence electrons. The molecule has 1 aromatic carbocycles. The SMILES string of the molecule is CCOP1(=O)N=C(c2c(O)c(C)nn(C)c2=O)Nc2ccccc21. The van der Waals surface area contributed by atoms with Crippen LogP contribution in [0.3, 0.4) is 0 Å². The highest BCUT2D eigenvalue weighted by molar-refractivity contribution is 7.66. The minimum Gasteiger partial charge on any atom is -0.505 e. The molecule has 0 radical (unpaired) electrons. The first-order valence-electron chi connectivity index (χ1n) is 7.36. The number of nitrogens with one attached hydrogen (secondary N) is 1. The zero-order chi connectivity index (χ0) is 17.5. The van der Waals surface area contributed by atoms with E-state index in [2.05, 4.69) is 15.2 Å². The molecule has 1 aliphatic rings. The monoisotopic (exact) mass is 348 g/mol. The maximum absolute atomic E-state index is 13.2. The van der Waals surface area contributed by atoms with E-state index >= 15 is 0 Å². The van der Waals surface area contributed by atoms with Crippen molar-refractivity contribution in [3.8, 4) is 5.75 Å². The molecule has 0 fully saturated rings. The van der Waals surface area contributed by atoms with Gasteiger partial charge in [-0.15, -0.1) is 0 Å². The number of fused-ring (bicyclic) bond motifs is 1. The van der Waals surface area contributed by atoms with Crippen LogP contribution in [0.5, 0.6) is 5.75 Å². The third-order valence-corrected chi connectivity index (χ3v) is 5.69. The molecule has 2 heterocycles. The van der Waals surface area contributed by atoms with Gasteiger partial charge in [0, 0.05) is 7.05 Å². The maximum atomic E-state index is 13.2. The molecule has 0 saturated carbocycles. The summed E-state index contributed by atoms with van der Waals surface area (Å²) in [7, 11) is -2.08. The molecule has 0 saturated heterocycles. The zero-order valence-corrected chi connectivity index (χ0v) is 14.4. The van der Waals surface area contributed by atoms with E-state index in [1.54, 1.807) is 38.1 Å². The number of para-hydroxylation sites is 1. The first kappa shape index (κ1) is 16.4. The van der Waals surface area contributed by atoms with Crippen LogP contribution in [0.4, 0.5) is 5.69 Å². The molecule has 8 nitrogen and oxygen atoms in total. The summed E-state index contributed by atoms with van der Waals surface area (Å²) in [6.45, 7) is 3.48. The van der Waals surface area contributed by atoms with Gasteiger partial charge in [0.1, 0.15) is 11.3 Å². The second-order valence-corrected chi connectivity index (χ2v) is 7.25. The topological polar surface area (TPSA) is 106 Å². The molecule has 3 rings (SSSR count). The number of anilines is 1. The number of rotatable bonds is 3. The molecule has 2 N–H and O–H groups in total. The zero-order valence-electron chi connectivity index (χ0n) is 13.5. The molecule has 0 aliphatic carbocycles. The summed E-state index contributed by atoms with van der Waals surface area (Å²) in [5.74, 6) is -0.291. The lowest BCUT2D eigenvalue weighted by molar-refractivity contribution is 0.341. The van der Waals surface area contributed by atoms with Crippen LogP contribution in [-0.4, -0.2) is 27.3 Å². The van der Waals surface area contributed by atoms with Crippen molar-refractivity contribution in [2.75, 3.05) is 11.9 Å². The summed E-state index contributed by atoms with van der Waals surface area (Å²) >= 11 is 0. The number of aromatic hydroxyl groups is 1. The molecule has 24 heavy (non-hydrogen) atoms. The average molecular weight is 348 g/mol. The lowest BCUT2D eigenvalue weighted by Gasteiger charge is -2.24. The van der Waals surface area contributed by atoms with Gasteiger partial charge in [-0.2, -0.15) is 9.86 Å². The largest absolute Gasteiger partial charge is 0.505 e. The molecule has 9 heteroatoms. The number of nitrogens with zero attached hydrogens (tertiary/aromatic N) is 3. The van der Waals surface area contributed by atoms with Gasteiger partial charge in [0.2, 0.25) is 0 Å². The van der Waals surface area contributed by atoms with Crippen LogP contribution in [0.15, 0.2) is 33.8 Å². The number of aromatic nitrogens is 2. The molecule has 0 amide bonds. The molecule has 0 spiro atoms. The van der Waals surface area contributed by atoms with Gasteiger partial charge in [-0.25, -0.2) is 4.68 Å². The molecule has 1 atom stereocenters. The minimum absolute atomic E-state index is 0.00841. The van der Waals surface area contributed by atoms with E-state index in [1.165, 1.54) is 7.05 Å². The van der Waals surface area contributed by atoms with Crippen molar-refractivity contribution in [3.05, 3.63) is 45.9 Å².